The van der Waals surface area contributed by atoms with Crippen LogP contribution in [0.4, 0.5) is 0 Å². The quantitative estimate of drug-likeness (QED) is 0.725. The molecule has 1 aromatic rings. The summed E-state index contributed by atoms with van der Waals surface area (Å²) < 4.78 is 5.44. The molecule has 0 bridgehead atoms. The van der Waals surface area contributed by atoms with Crippen molar-refractivity contribution in [1.82, 2.24) is 10.6 Å². The second kappa shape index (κ2) is 7.50. The minimum Gasteiger partial charge on any atom is -0.482 e. The molecule has 0 radical (unpaired) electrons. The van der Waals surface area contributed by atoms with Gasteiger partial charge in [-0.05, 0) is 43.5 Å². The van der Waals surface area contributed by atoms with Crippen molar-refractivity contribution >= 4 is 17.5 Å². The molecule has 0 spiro atoms. The normalized spacial score (nSPS) is 14.1. The van der Waals surface area contributed by atoms with Crippen LogP contribution in [-0.4, -0.2) is 25.1 Å². The number of amides is 1. The van der Waals surface area contributed by atoms with E-state index in [0.717, 1.165) is 37.9 Å². The highest BCUT2D eigenvalue weighted by atomic mass is 35.5. The number of carbonyl (C=O) groups is 1. The van der Waals surface area contributed by atoms with Crippen molar-refractivity contribution in [1.29, 1.82) is 0 Å². The zero-order chi connectivity index (χ0) is 14.4. The van der Waals surface area contributed by atoms with Crippen LogP contribution in [0.5, 0.6) is 5.75 Å². The summed E-state index contributed by atoms with van der Waals surface area (Å²) in [7, 11) is 0. The molecule has 1 fully saturated rings. The Kier molecular flexibility index (Phi) is 5.68. The van der Waals surface area contributed by atoms with Gasteiger partial charge in [0, 0.05) is 12.6 Å². The van der Waals surface area contributed by atoms with Crippen molar-refractivity contribution in [3.05, 3.63) is 28.8 Å². The Hall–Kier alpha value is -1.26. The molecule has 4 nitrogen and oxygen atoms in total. The summed E-state index contributed by atoms with van der Waals surface area (Å²) >= 11 is 6.16. The highest BCUT2D eigenvalue weighted by molar-refractivity contribution is 6.32. The Morgan fingerprint density at radius 2 is 2.25 bits per heavy atom. The summed E-state index contributed by atoms with van der Waals surface area (Å²) in [6, 6.07) is 6.00. The van der Waals surface area contributed by atoms with Crippen molar-refractivity contribution in [3.8, 4) is 5.75 Å². The Morgan fingerprint density at radius 3 is 2.90 bits per heavy atom. The third-order valence-corrected chi connectivity index (χ3v) is 3.35. The van der Waals surface area contributed by atoms with E-state index in [1.807, 2.05) is 18.2 Å². The van der Waals surface area contributed by atoms with Gasteiger partial charge in [0.05, 0.1) is 5.02 Å². The van der Waals surface area contributed by atoms with Crippen LogP contribution in [-0.2, 0) is 11.3 Å². The average molecular weight is 297 g/mol. The van der Waals surface area contributed by atoms with Crippen molar-refractivity contribution in [3.63, 3.8) is 0 Å². The van der Waals surface area contributed by atoms with Crippen LogP contribution in [0.2, 0.25) is 5.02 Å². The second-order valence-electron chi connectivity index (χ2n) is 5.07. The van der Waals surface area contributed by atoms with E-state index in [1.165, 1.54) is 0 Å². The van der Waals surface area contributed by atoms with Gasteiger partial charge in [-0.3, -0.25) is 4.79 Å². The van der Waals surface area contributed by atoms with E-state index >= 15 is 0 Å². The van der Waals surface area contributed by atoms with Gasteiger partial charge in [0.25, 0.3) is 5.91 Å². The van der Waals surface area contributed by atoms with Gasteiger partial charge in [0.15, 0.2) is 6.61 Å². The third kappa shape index (κ3) is 5.02. The van der Waals surface area contributed by atoms with E-state index in [2.05, 4.69) is 17.6 Å². The number of carbonyl (C=O) groups excluding carboxylic acids is 1. The highest BCUT2D eigenvalue weighted by Crippen LogP contribution is 2.25. The van der Waals surface area contributed by atoms with E-state index in [1.54, 1.807) is 0 Å². The lowest BCUT2D eigenvalue weighted by Crippen LogP contribution is -2.30. The molecule has 1 aliphatic rings. The molecule has 5 heteroatoms. The van der Waals surface area contributed by atoms with Gasteiger partial charge in [-0.15, -0.1) is 0 Å². The smallest absolute Gasteiger partial charge is 0.258 e. The number of halogens is 1. The first kappa shape index (κ1) is 15.1. The van der Waals surface area contributed by atoms with Crippen molar-refractivity contribution < 1.29 is 9.53 Å². The van der Waals surface area contributed by atoms with Crippen LogP contribution in [0, 0.1) is 0 Å². The Balaban J connectivity index is 1.80. The number of hydrogen-bond donors (Lipinski definition) is 2. The lowest BCUT2D eigenvalue weighted by atomic mass is 10.2. The molecule has 110 valence electrons. The summed E-state index contributed by atoms with van der Waals surface area (Å²) in [6.45, 7) is 3.92. The molecule has 1 saturated carbocycles. The van der Waals surface area contributed by atoms with Gasteiger partial charge in [-0.25, -0.2) is 0 Å². The van der Waals surface area contributed by atoms with E-state index < -0.39 is 0 Å². The van der Waals surface area contributed by atoms with Crippen molar-refractivity contribution in [2.24, 2.45) is 0 Å². The molecule has 1 aromatic carbocycles. The fraction of sp³-hybridized carbons (Fsp3) is 0.533. The first-order valence-electron chi connectivity index (χ1n) is 7.10. The summed E-state index contributed by atoms with van der Waals surface area (Å²) in [4.78, 5) is 11.5. The number of benzene rings is 1. The second-order valence-corrected chi connectivity index (χ2v) is 5.48. The fourth-order valence-electron chi connectivity index (χ4n) is 1.82. The zero-order valence-corrected chi connectivity index (χ0v) is 12.5. The average Bonchev–Trinajstić information content (AvgIpc) is 3.22. The monoisotopic (exact) mass is 296 g/mol. The molecule has 0 heterocycles. The topological polar surface area (TPSA) is 50.4 Å². The lowest BCUT2D eigenvalue weighted by Gasteiger charge is -2.10. The standard InChI is InChI=1S/C15H21ClN2O2/c1-2-7-17-9-11-3-6-14(13(16)8-11)20-10-15(19)18-12-4-5-12/h3,6,8,12,17H,2,4-5,7,9-10H2,1H3,(H,18,19). The largest absolute Gasteiger partial charge is 0.482 e. The van der Waals surface area contributed by atoms with Crippen LogP contribution in [0.1, 0.15) is 31.7 Å². The molecule has 2 rings (SSSR count). The van der Waals surface area contributed by atoms with Crippen LogP contribution in [0.15, 0.2) is 18.2 Å². The Labute approximate surface area is 124 Å². The predicted octanol–water partition coefficient (Wildman–Crippen LogP) is 2.50. The van der Waals surface area contributed by atoms with Gasteiger partial charge in [0.2, 0.25) is 0 Å². The van der Waals surface area contributed by atoms with Gasteiger partial charge < -0.3 is 15.4 Å². The minimum atomic E-state index is -0.0859. The maximum Gasteiger partial charge on any atom is 0.258 e. The highest BCUT2D eigenvalue weighted by Gasteiger charge is 2.23. The molecular weight excluding hydrogens is 276 g/mol. The van der Waals surface area contributed by atoms with Crippen LogP contribution in [0.3, 0.4) is 0 Å². The number of hydrogen-bond acceptors (Lipinski definition) is 3. The maximum absolute atomic E-state index is 11.5. The molecule has 2 N–H and O–H groups in total. The Bertz CT molecular complexity index is 461. The number of ether oxygens (including phenoxy) is 1. The molecule has 0 atom stereocenters. The van der Waals surface area contributed by atoms with E-state index in [4.69, 9.17) is 16.3 Å². The van der Waals surface area contributed by atoms with Crippen LogP contribution in [0.25, 0.3) is 0 Å². The fourth-order valence-corrected chi connectivity index (χ4v) is 2.08. The molecule has 1 aliphatic carbocycles. The number of rotatable bonds is 8. The van der Waals surface area contributed by atoms with Gasteiger partial charge in [-0.1, -0.05) is 24.6 Å². The predicted molar refractivity (Wildman–Crippen MR) is 80.1 cm³/mol. The van der Waals surface area contributed by atoms with E-state index in [9.17, 15) is 4.79 Å². The first-order chi connectivity index (χ1) is 9.69. The molecule has 0 saturated heterocycles. The van der Waals surface area contributed by atoms with Crippen LogP contribution >= 0.6 is 11.6 Å². The molecule has 0 aromatic heterocycles. The summed E-state index contributed by atoms with van der Waals surface area (Å²) in [5.74, 6) is 0.467. The van der Waals surface area contributed by atoms with Gasteiger partial charge >= 0.3 is 0 Å². The van der Waals surface area contributed by atoms with E-state index in [0.29, 0.717) is 16.8 Å². The van der Waals surface area contributed by atoms with Gasteiger partial charge in [0.1, 0.15) is 5.75 Å². The molecule has 20 heavy (non-hydrogen) atoms. The summed E-state index contributed by atoms with van der Waals surface area (Å²) in [5.41, 5.74) is 1.11. The van der Waals surface area contributed by atoms with Gasteiger partial charge in [-0.2, -0.15) is 0 Å². The first-order valence-corrected chi connectivity index (χ1v) is 7.48. The summed E-state index contributed by atoms with van der Waals surface area (Å²) in [6.07, 6.45) is 3.25. The van der Waals surface area contributed by atoms with Crippen LogP contribution < -0.4 is 15.4 Å². The molecular formula is C15H21ClN2O2. The minimum absolute atomic E-state index is 0.0175. The summed E-state index contributed by atoms with van der Waals surface area (Å²) in [5, 5.41) is 6.73. The maximum atomic E-state index is 11.5. The molecule has 0 unspecified atom stereocenters. The van der Waals surface area contributed by atoms with Crippen molar-refractivity contribution in [2.45, 2.75) is 38.8 Å². The SMILES string of the molecule is CCCNCc1ccc(OCC(=O)NC2CC2)c(Cl)c1. The van der Waals surface area contributed by atoms with E-state index in [-0.39, 0.29) is 12.5 Å². The molecule has 1 amide bonds. The number of nitrogens with one attached hydrogen (secondary N) is 2. The van der Waals surface area contributed by atoms with Crippen molar-refractivity contribution in [2.75, 3.05) is 13.2 Å². The Morgan fingerprint density at radius 1 is 1.45 bits per heavy atom. The zero-order valence-electron chi connectivity index (χ0n) is 11.7. The third-order valence-electron chi connectivity index (χ3n) is 3.05. The molecule has 0 aliphatic heterocycles. The lowest BCUT2D eigenvalue weighted by molar-refractivity contribution is -0.123.